The summed E-state index contributed by atoms with van der Waals surface area (Å²) in [5.41, 5.74) is 0.781. The lowest BCUT2D eigenvalue weighted by molar-refractivity contribution is -0.148. The Morgan fingerprint density at radius 2 is 1.81 bits per heavy atom. The van der Waals surface area contributed by atoms with E-state index in [2.05, 4.69) is 4.90 Å². The molecule has 1 unspecified atom stereocenters. The number of likely N-dealkylation sites (tertiary alicyclic amines) is 1. The molecular formula is C23H31Cl2N3O3. The van der Waals surface area contributed by atoms with E-state index in [1.807, 2.05) is 4.90 Å². The Bertz CT molecular complexity index is 809. The molecule has 31 heavy (non-hydrogen) atoms. The van der Waals surface area contributed by atoms with Crippen LogP contribution in [0.1, 0.15) is 38.2 Å². The van der Waals surface area contributed by atoms with Gasteiger partial charge in [0.05, 0.1) is 16.1 Å². The van der Waals surface area contributed by atoms with Crippen molar-refractivity contribution >= 4 is 41.1 Å². The summed E-state index contributed by atoms with van der Waals surface area (Å²) in [6, 6.07) is 4.71. The van der Waals surface area contributed by atoms with E-state index in [9.17, 15) is 14.7 Å². The number of rotatable bonds is 7. The second-order valence-corrected chi connectivity index (χ2v) is 9.13. The number of hydrogen-bond donors (Lipinski definition) is 1. The summed E-state index contributed by atoms with van der Waals surface area (Å²) in [6.07, 6.45) is 6.71. The Kier molecular flexibility index (Phi) is 8.78. The van der Waals surface area contributed by atoms with Crippen molar-refractivity contribution < 1.29 is 14.7 Å². The SMILES string of the molecule is CC1C(=O)N(CCCCN2CCC(O)CC2)CCN1C(=O)C=Cc1ccc(Cl)c(Cl)c1. The quantitative estimate of drug-likeness (QED) is 0.493. The zero-order valence-corrected chi connectivity index (χ0v) is 19.5. The Balaban J connectivity index is 1.43. The first kappa shape index (κ1) is 24.1. The maximum atomic E-state index is 12.8. The fourth-order valence-corrected chi connectivity index (χ4v) is 4.42. The number of carbonyl (C=O) groups is 2. The van der Waals surface area contributed by atoms with Crippen LogP contribution in [0, 0.1) is 0 Å². The van der Waals surface area contributed by atoms with Gasteiger partial charge in [0.15, 0.2) is 0 Å². The Morgan fingerprint density at radius 1 is 1.10 bits per heavy atom. The first-order valence-electron chi connectivity index (χ1n) is 11.0. The predicted molar refractivity (Wildman–Crippen MR) is 124 cm³/mol. The van der Waals surface area contributed by atoms with Gasteiger partial charge < -0.3 is 19.8 Å². The van der Waals surface area contributed by atoms with E-state index in [4.69, 9.17) is 23.2 Å². The van der Waals surface area contributed by atoms with Crippen LogP contribution in [-0.2, 0) is 9.59 Å². The van der Waals surface area contributed by atoms with Gasteiger partial charge in [-0.2, -0.15) is 0 Å². The van der Waals surface area contributed by atoms with Crippen LogP contribution in [0.2, 0.25) is 10.0 Å². The largest absolute Gasteiger partial charge is 0.393 e. The molecule has 2 amide bonds. The molecule has 2 aliphatic heterocycles. The van der Waals surface area contributed by atoms with Crippen molar-refractivity contribution in [3.63, 3.8) is 0 Å². The Hall–Kier alpha value is -1.60. The van der Waals surface area contributed by atoms with Gasteiger partial charge in [-0.15, -0.1) is 0 Å². The lowest BCUT2D eigenvalue weighted by Crippen LogP contribution is -2.57. The summed E-state index contributed by atoms with van der Waals surface area (Å²) >= 11 is 11.9. The van der Waals surface area contributed by atoms with E-state index in [0.717, 1.165) is 57.4 Å². The summed E-state index contributed by atoms with van der Waals surface area (Å²) < 4.78 is 0. The second-order valence-electron chi connectivity index (χ2n) is 8.32. The lowest BCUT2D eigenvalue weighted by atomic mass is 10.1. The standard InChI is InChI=1S/C23H31Cl2N3O3/c1-17-23(31)27(11-3-2-10-26-12-8-19(29)9-13-26)14-15-28(17)22(30)7-5-18-4-6-20(24)21(25)16-18/h4-7,16-17,19,29H,2-3,8-15H2,1H3. The molecule has 2 fully saturated rings. The molecule has 1 atom stereocenters. The van der Waals surface area contributed by atoms with Gasteiger partial charge in [-0.1, -0.05) is 29.3 Å². The van der Waals surface area contributed by atoms with E-state index in [0.29, 0.717) is 23.1 Å². The third-order valence-electron chi connectivity index (χ3n) is 6.10. The van der Waals surface area contributed by atoms with Crippen molar-refractivity contribution in [1.82, 2.24) is 14.7 Å². The van der Waals surface area contributed by atoms with Gasteiger partial charge in [-0.3, -0.25) is 9.59 Å². The van der Waals surface area contributed by atoms with Crippen LogP contribution < -0.4 is 0 Å². The molecule has 170 valence electrons. The van der Waals surface area contributed by atoms with Gasteiger partial charge in [-0.05, 0) is 62.9 Å². The number of unbranched alkanes of at least 4 members (excludes halogenated alkanes) is 1. The van der Waals surface area contributed by atoms with E-state index >= 15 is 0 Å². The average Bonchev–Trinajstić information content (AvgIpc) is 2.76. The third kappa shape index (κ3) is 6.69. The molecule has 0 spiro atoms. The number of benzene rings is 1. The molecule has 2 saturated heterocycles. The zero-order valence-electron chi connectivity index (χ0n) is 18.0. The molecule has 2 heterocycles. The van der Waals surface area contributed by atoms with Crippen LogP contribution in [0.3, 0.4) is 0 Å². The smallest absolute Gasteiger partial charge is 0.247 e. The molecule has 0 aliphatic carbocycles. The molecule has 8 heteroatoms. The molecule has 0 saturated carbocycles. The molecule has 3 rings (SSSR count). The highest BCUT2D eigenvalue weighted by atomic mass is 35.5. The molecule has 2 aliphatic rings. The highest BCUT2D eigenvalue weighted by Gasteiger charge is 2.33. The third-order valence-corrected chi connectivity index (χ3v) is 6.84. The average molecular weight is 468 g/mol. The maximum Gasteiger partial charge on any atom is 0.247 e. The Morgan fingerprint density at radius 3 is 2.52 bits per heavy atom. The maximum absolute atomic E-state index is 12.8. The van der Waals surface area contributed by atoms with Crippen LogP contribution in [0.4, 0.5) is 0 Å². The Labute approximate surface area is 194 Å². The fraction of sp³-hybridized carbons (Fsp3) is 0.565. The van der Waals surface area contributed by atoms with Crippen molar-refractivity contribution in [3.05, 3.63) is 39.9 Å². The molecule has 6 nitrogen and oxygen atoms in total. The highest BCUT2D eigenvalue weighted by molar-refractivity contribution is 6.42. The summed E-state index contributed by atoms with van der Waals surface area (Å²) in [5.74, 6) is -0.178. The van der Waals surface area contributed by atoms with Gasteiger partial charge in [0, 0.05) is 38.8 Å². The van der Waals surface area contributed by atoms with Gasteiger partial charge in [0.1, 0.15) is 6.04 Å². The van der Waals surface area contributed by atoms with Crippen molar-refractivity contribution in [3.8, 4) is 0 Å². The van der Waals surface area contributed by atoms with Gasteiger partial charge >= 0.3 is 0 Å². The normalized spacial score (nSPS) is 21.3. The molecule has 0 radical (unpaired) electrons. The number of nitrogens with zero attached hydrogens (tertiary/aromatic N) is 3. The molecule has 1 aromatic carbocycles. The van der Waals surface area contributed by atoms with E-state index in [-0.39, 0.29) is 17.9 Å². The van der Waals surface area contributed by atoms with E-state index in [1.54, 1.807) is 36.1 Å². The van der Waals surface area contributed by atoms with Crippen LogP contribution >= 0.6 is 23.2 Å². The zero-order chi connectivity index (χ0) is 22.4. The minimum Gasteiger partial charge on any atom is -0.393 e. The van der Waals surface area contributed by atoms with Crippen LogP contribution in [0.25, 0.3) is 6.08 Å². The number of carbonyl (C=O) groups excluding carboxylic acids is 2. The number of amides is 2. The summed E-state index contributed by atoms with van der Waals surface area (Å²) in [6.45, 7) is 6.52. The summed E-state index contributed by atoms with van der Waals surface area (Å²) in [4.78, 5) is 31.3. The van der Waals surface area contributed by atoms with E-state index < -0.39 is 6.04 Å². The number of hydrogen-bond acceptors (Lipinski definition) is 4. The molecule has 0 aromatic heterocycles. The van der Waals surface area contributed by atoms with Crippen molar-refractivity contribution in [2.45, 2.75) is 44.8 Å². The molecule has 1 N–H and O–H groups in total. The van der Waals surface area contributed by atoms with Crippen LogP contribution in [0.5, 0.6) is 0 Å². The topological polar surface area (TPSA) is 64.1 Å². The van der Waals surface area contributed by atoms with Gasteiger partial charge in [0.25, 0.3) is 0 Å². The molecule has 1 aromatic rings. The van der Waals surface area contributed by atoms with Crippen molar-refractivity contribution in [2.75, 3.05) is 39.3 Å². The number of halogens is 2. The van der Waals surface area contributed by atoms with Crippen LogP contribution in [-0.4, -0.2) is 83.0 Å². The lowest BCUT2D eigenvalue weighted by Gasteiger charge is -2.39. The minimum absolute atomic E-state index is 0.00336. The van der Waals surface area contributed by atoms with E-state index in [1.165, 1.54) is 6.08 Å². The number of aliphatic hydroxyl groups is 1. The number of piperazine rings is 1. The first-order chi connectivity index (χ1) is 14.8. The highest BCUT2D eigenvalue weighted by Crippen LogP contribution is 2.23. The van der Waals surface area contributed by atoms with Crippen molar-refractivity contribution in [2.24, 2.45) is 0 Å². The summed E-state index contributed by atoms with van der Waals surface area (Å²) in [7, 11) is 0. The molecular weight excluding hydrogens is 437 g/mol. The summed E-state index contributed by atoms with van der Waals surface area (Å²) in [5, 5.41) is 10.5. The predicted octanol–water partition coefficient (Wildman–Crippen LogP) is 3.30. The fourth-order valence-electron chi connectivity index (χ4n) is 4.11. The minimum atomic E-state index is -0.469. The van der Waals surface area contributed by atoms with Gasteiger partial charge in [0.2, 0.25) is 11.8 Å². The van der Waals surface area contributed by atoms with Crippen molar-refractivity contribution in [1.29, 1.82) is 0 Å². The molecule has 0 bridgehead atoms. The first-order valence-corrected chi connectivity index (χ1v) is 11.7. The monoisotopic (exact) mass is 467 g/mol. The number of aliphatic hydroxyl groups excluding tert-OH is 1. The second kappa shape index (κ2) is 11.3. The number of piperidine rings is 1. The van der Waals surface area contributed by atoms with Crippen LogP contribution in [0.15, 0.2) is 24.3 Å². The van der Waals surface area contributed by atoms with Gasteiger partial charge in [-0.25, -0.2) is 0 Å².